The van der Waals surface area contributed by atoms with Crippen LogP contribution in [-0.2, 0) is 6.54 Å². The van der Waals surface area contributed by atoms with Gasteiger partial charge in [-0.15, -0.1) is 0 Å². The molecule has 0 radical (unpaired) electrons. The lowest BCUT2D eigenvalue weighted by Gasteiger charge is -2.13. The van der Waals surface area contributed by atoms with Gasteiger partial charge in [-0.3, -0.25) is 9.67 Å². The van der Waals surface area contributed by atoms with Crippen molar-refractivity contribution in [1.29, 1.82) is 0 Å². The maximum absolute atomic E-state index is 6.18. The molecule has 5 heteroatoms. The SMILES string of the molecule is CCn1nccc1C(N)c1cncc(Br)c1. The number of aromatic nitrogens is 3. The number of hydrogen-bond acceptors (Lipinski definition) is 3. The first-order chi connectivity index (χ1) is 7.72. The molecule has 0 aliphatic rings. The van der Waals surface area contributed by atoms with Crippen molar-refractivity contribution in [2.45, 2.75) is 19.5 Å². The highest BCUT2D eigenvalue weighted by Crippen LogP contribution is 2.21. The minimum Gasteiger partial charge on any atom is -0.319 e. The summed E-state index contributed by atoms with van der Waals surface area (Å²) in [6.45, 7) is 2.86. The Hall–Kier alpha value is -1.20. The average Bonchev–Trinajstić information content (AvgIpc) is 2.76. The third-order valence-corrected chi connectivity index (χ3v) is 2.89. The smallest absolute Gasteiger partial charge is 0.0738 e. The lowest BCUT2D eigenvalue weighted by atomic mass is 10.1. The van der Waals surface area contributed by atoms with Crippen molar-refractivity contribution in [3.63, 3.8) is 0 Å². The molecular formula is C11H13BrN4. The van der Waals surface area contributed by atoms with Gasteiger partial charge in [0.1, 0.15) is 0 Å². The highest BCUT2D eigenvalue weighted by atomic mass is 79.9. The number of pyridine rings is 1. The lowest BCUT2D eigenvalue weighted by Crippen LogP contribution is -2.17. The van der Waals surface area contributed by atoms with Gasteiger partial charge in [0.25, 0.3) is 0 Å². The van der Waals surface area contributed by atoms with Crippen molar-refractivity contribution < 1.29 is 0 Å². The first-order valence-electron chi connectivity index (χ1n) is 5.10. The van der Waals surface area contributed by atoms with Gasteiger partial charge in [-0.05, 0) is 40.5 Å². The van der Waals surface area contributed by atoms with Crippen molar-refractivity contribution in [2.24, 2.45) is 5.73 Å². The Bertz CT molecular complexity index is 480. The van der Waals surface area contributed by atoms with Gasteiger partial charge >= 0.3 is 0 Å². The molecule has 0 saturated carbocycles. The summed E-state index contributed by atoms with van der Waals surface area (Å²) in [6.07, 6.45) is 5.29. The first kappa shape index (κ1) is 11.3. The van der Waals surface area contributed by atoms with E-state index in [2.05, 4.69) is 26.0 Å². The minimum atomic E-state index is -0.188. The van der Waals surface area contributed by atoms with Crippen molar-refractivity contribution in [3.8, 4) is 0 Å². The van der Waals surface area contributed by atoms with E-state index in [-0.39, 0.29) is 6.04 Å². The van der Waals surface area contributed by atoms with Crippen molar-refractivity contribution in [3.05, 3.63) is 46.5 Å². The van der Waals surface area contributed by atoms with E-state index in [0.29, 0.717) is 0 Å². The molecule has 84 valence electrons. The topological polar surface area (TPSA) is 56.7 Å². The number of halogens is 1. The zero-order valence-electron chi connectivity index (χ0n) is 8.97. The number of hydrogen-bond donors (Lipinski definition) is 1. The number of rotatable bonds is 3. The second-order valence-corrected chi connectivity index (χ2v) is 4.40. The van der Waals surface area contributed by atoms with E-state index in [1.165, 1.54) is 0 Å². The van der Waals surface area contributed by atoms with Gasteiger partial charge < -0.3 is 5.73 Å². The third kappa shape index (κ3) is 2.15. The van der Waals surface area contributed by atoms with Crippen LogP contribution in [0, 0.1) is 0 Å². The van der Waals surface area contributed by atoms with E-state index in [1.54, 1.807) is 18.6 Å². The van der Waals surface area contributed by atoms with Gasteiger partial charge in [0.2, 0.25) is 0 Å². The Kier molecular flexibility index (Phi) is 3.36. The summed E-state index contributed by atoms with van der Waals surface area (Å²) in [5.41, 5.74) is 8.16. The molecular weight excluding hydrogens is 268 g/mol. The van der Waals surface area contributed by atoms with Crippen LogP contribution in [0.25, 0.3) is 0 Å². The predicted octanol–water partition coefficient (Wildman–Crippen LogP) is 2.11. The molecule has 0 saturated heterocycles. The molecule has 1 atom stereocenters. The third-order valence-electron chi connectivity index (χ3n) is 2.45. The fourth-order valence-corrected chi connectivity index (χ4v) is 2.02. The van der Waals surface area contributed by atoms with Gasteiger partial charge in [0.05, 0.1) is 11.7 Å². The van der Waals surface area contributed by atoms with Crippen LogP contribution in [0.15, 0.2) is 35.2 Å². The molecule has 0 spiro atoms. The van der Waals surface area contributed by atoms with Gasteiger partial charge in [0, 0.05) is 29.6 Å². The molecule has 2 heterocycles. The summed E-state index contributed by atoms with van der Waals surface area (Å²) in [4.78, 5) is 4.11. The monoisotopic (exact) mass is 280 g/mol. The summed E-state index contributed by atoms with van der Waals surface area (Å²) < 4.78 is 2.83. The molecule has 16 heavy (non-hydrogen) atoms. The van der Waals surface area contributed by atoms with Gasteiger partial charge in [-0.25, -0.2) is 0 Å². The van der Waals surface area contributed by atoms with Crippen LogP contribution in [0.4, 0.5) is 0 Å². The highest BCUT2D eigenvalue weighted by Gasteiger charge is 2.13. The first-order valence-corrected chi connectivity index (χ1v) is 5.89. The molecule has 2 N–H and O–H groups in total. The van der Waals surface area contributed by atoms with Crippen LogP contribution in [0.2, 0.25) is 0 Å². The molecule has 0 amide bonds. The van der Waals surface area contributed by atoms with E-state index in [4.69, 9.17) is 5.73 Å². The molecule has 0 aliphatic heterocycles. The summed E-state index contributed by atoms with van der Waals surface area (Å²) in [5.74, 6) is 0. The molecule has 4 nitrogen and oxygen atoms in total. The Morgan fingerprint density at radius 2 is 2.31 bits per heavy atom. The molecule has 0 bridgehead atoms. The quantitative estimate of drug-likeness (QED) is 0.937. The Balaban J connectivity index is 2.35. The largest absolute Gasteiger partial charge is 0.319 e. The molecule has 2 aromatic rings. The minimum absolute atomic E-state index is 0.188. The van der Waals surface area contributed by atoms with Crippen LogP contribution in [0.3, 0.4) is 0 Å². The van der Waals surface area contributed by atoms with Gasteiger partial charge in [0.15, 0.2) is 0 Å². The van der Waals surface area contributed by atoms with E-state index in [9.17, 15) is 0 Å². The van der Waals surface area contributed by atoms with Crippen LogP contribution >= 0.6 is 15.9 Å². The van der Waals surface area contributed by atoms with Gasteiger partial charge in [-0.2, -0.15) is 5.10 Å². The maximum Gasteiger partial charge on any atom is 0.0738 e. The van der Waals surface area contributed by atoms with E-state index in [1.807, 2.05) is 23.7 Å². The molecule has 0 fully saturated rings. The van der Waals surface area contributed by atoms with E-state index < -0.39 is 0 Å². The summed E-state index contributed by atoms with van der Waals surface area (Å²) >= 11 is 3.39. The number of aryl methyl sites for hydroxylation is 1. The number of nitrogens with two attached hydrogens (primary N) is 1. The lowest BCUT2D eigenvalue weighted by molar-refractivity contribution is 0.600. The van der Waals surface area contributed by atoms with Crippen LogP contribution < -0.4 is 5.73 Å². The van der Waals surface area contributed by atoms with Crippen molar-refractivity contribution in [2.75, 3.05) is 0 Å². The normalized spacial score (nSPS) is 12.7. The molecule has 1 unspecified atom stereocenters. The fourth-order valence-electron chi connectivity index (χ4n) is 1.64. The molecule has 2 rings (SSSR count). The van der Waals surface area contributed by atoms with E-state index >= 15 is 0 Å². The second-order valence-electron chi connectivity index (χ2n) is 3.49. The zero-order valence-corrected chi connectivity index (χ0v) is 10.6. The number of nitrogens with zero attached hydrogens (tertiary/aromatic N) is 3. The van der Waals surface area contributed by atoms with E-state index in [0.717, 1.165) is 22.3 Å². The second kappa shape index (κ2) is 4.76. The summed E-state index contributed by atoms with van der Waals surface area (Å²) in [7, 11) is 0. The Morgan fingerprint density at radius 1 is 1.50 bits per heavy atom. The fraction of sp³-hybridized carbons (Fsp3) is 0.273. The molecule has 0 aliphatic carbocycles. The van der Waals surface area contributed by atoms with Crippen LogP contribution in [0.1, 0.15) is 24.2 Å². The van der Waals surface area contributed by atoms with Crippen LogP contribution in [-0.4, -0.2) is 14.8 Å². The Morgan fingerprint density at radius 3 is 3.00 bits per heavy atom. The van der Waals surface area contributed by atoms with Gasteiger partial charge in [-0.1, -0.05) is 0 Å². The van der Waals surface area contributed by atoms with Crippen molar-refractivity contribution in [1.82, 2.24) is 14.8 Å². The average molecular weight is 281 g/mol. The zero-order chi connectivity index (χ0) is 11.5. The van der Waals surface area contributed by atoms with Crippen molar-refractivity contribution >= 4 is 15.9 Å². The predicted molar refractivity (Wildman–Crippen MR) is 65.9 cm³/mol. The standard InChI is InChI=1S/C11H13BrN4/c1-2-16-10(3-4-15-16)11(13)8-5-9(12)7-14-6-8/h3-7,11H,2,13H2,1H3. The summed E-state index contributed by atoms with van der Waals surface area (Å²) in [5, 5.41) is 4.21. The molecule has 2 aromatic heterocycles. The molecule has 0 aromatic carbocycles. The van der Waals surface area contributed by atoms with Crippen LogP contribution in [0.5, 0.6) is 0 Å². The summed E-state index contributed by atoms with van der Waals surface area (Å²) in [6, 6.07) is 3.73. The Labute approximate surface area is 103 Å². The maximum atomic E-state index is 6.18. The highest BCUT2D eigenvalue weighted by molar-refractivity contribution is 9.10.